The van der Waals surface area contributed by atoms with Gasteiger partial charge >= 0.3 is 0 Å². The minimum absolute atomic E-state index is 0.0391. The zero-order valence-corrected chi connectivity index (χ0v) is 23.2. The molecule has 41 heavy (non-hydrogen) atoms. The van der Waals surface area contributed by atoms with Crippen molar-refractivity contribution >= 4 is 33.9 Å². The number of fused-ring (bicyclic) bond motifs is 2. The lowest BCUT2D eigenvalue weighted by Gasteiger charge is -2.31. The van der Waals surface area contributed by atoms with Crippen LogP contribution in [0.4, 0.5) is 0 Å². The molecule has 1 N–H and O–H groups in total. The normalized spacial score (nSPS) is 15.8. The molecule has 0 aliphatic carbocycles. The Morgan fingerprint density at radius 3 is 2.49 bits per heavy atom. The first kappa shape index (κ1) is 26.6. The average molecular weight is 552 g/mol. The van der Waals surface area contributed by atoms with Gasteiger partial charge in [0.1, 0.15) is 17.9 Å². The van der Waals surface area contributed by atoms with E-state index in [2.05, 4.69) is 15.6 Å². The number of hydrogen-bond acceptors (Lipinski definition) is 6. The van der Waals surface area contributed by atoms with E-state index in [9.17, 15) is 9.59 Å². The molecule has 5 aromatic rings. The van der Waals surface area contributed by atoms with Crippen LogP contribution in [-0.4, -0.2) is 60.5 Å². The van der Waals surface area contributed by atoms with E-state index in [4.69, 9.17) is 9.72 Å². The van der Waals surface area contributed by atoms with Crippen LogP contribution in [0.25, 0.3) is 22.1 Å². The molecule has 10 heteroatoms. The highest BCUT2D eigenvalue weighted by atomic mass is 16.5. The second-order valence-corrected chi connectivity index (χ2v) is 10.5. The SMILES string of the molecule is Cc1ccc(CN(C(=O)Cn2nnc3ccccc32)[C@@H](C(=O)NC[C@@H]2CCCO2)c2nc3ccccc3n2C)cc1. The van der Waals surface area contributed by atoms with Crippen LogP contribution in [0.5, 0.6) is 0 Å². The average Bonchev–Trinajstić information content (AvgIpc) is 3.73. The molecular weight excluding hydrogens is 518 g/mol. The van der Waals surface area contributed by atoms with Gasteiger partial charge in [-0.3, -0.25) is 9.59 Å². The number of aromatic nitrogens is 5. The standard InChI is InChI=1S/C31H33N7O3/c1-21-13-15-22(16-14-21)19-37(28(39)20-38-27-12-6-4-10-25(27)34-35-38)29(31(40)32-18-23-8-7-17-41-23)30-33-24-9-3-5-11-26(24)36(30)2/h3-6,9-16,23,29H,7-8,17-20H2,1-2H3,(H,32,40)/t23-,29+/m0/s1. The number of ether oxygens (including phenoxy) is 1. The van der Waals surface area contributed by atoms with Crippen LogP contribution in [0, 0.1) is 6.92 Å². The van der Waals surface area contributed by atoms with Crippen LogP contribution < -0.4 is 5.32 Å². The number of para-hydroxylation sites is 3. The molecule has 10 nitrogen and oxygen atoms in total. The van der Waals surface area contributed by atoms with Crippen molar-refractivity contribution in [1.29, 1.82) is 0 Å². The number of carbonyl (C=O) groups excluding carboxylic acids is 2. The molecule has 1 fully saturated rings. The lowest BCUT2D eigenvalue weighted by molar-refractivity contribution is -0.142. The summed E-state index contributed by atoms with van der Waals surface area (Å²) in [5.41, 5.74) is 5.10. The summed E-state index contributed by atoms with van der Waals surface area (Å²) in [7, 11) is 1.88. The molecule has 210 valence electrons. The molecule has 0 unspecified atom stereocenters. The Hall–Kier alpha value is -4.57. The van der Waals surface area contributed by atoms with Crippen LogP contribution in [-0.2, 0) is 34.5 Å². The fourth-order valence-electron chi connectivity index (χ4n) is 5.39. The lowest BCUT2D eigenvalue weighted by atomic mass is 10.1. The van der Waals surface area contributed by atoms with E-state index < -0.39 is 6.04 Å². The second kappa shape index (κ2) is 11.5. The van der Waals surface area contributed by atoms with Gasteiger partial charge in [-0.25, -0.2) is 9.67 Å². The molecule has 1 aliphatic rings. The van der Waals surface area contributed by atoms with E-state index in [1.54, 1.807) is 9.58 Å². The maximum Gasteiger partial charge on any atom is 0.250 e. The number of imidazole rings is 1. The van der Waals surface area contributed by atoms with E-state index in [0.717, 1.165) is 40.5 Å². The highest BCUT2D eigenvalue weighted by Gasteiger charge is 2.36. The fourth-order valence-corrected chi connectivity index (χ4v) is 5.39. The Balaban J connectivity index is 1.41. The fraction of sp³-hybridized carbons (Fsp3) is 0.323. The smallest absolute Gasteiger partial charge is 0.250 e. The summed E-state index contributed by atoms with van der Waals surface area (Å²) in [6, 6.07) is 22.2. The minimum Gasteiger partial charge on any atom is -0.376 e. The summed E-state index contributed by atoms with van der Waals surface area (Å²) in [5, 5.41) is 11.5. The topological polar surface area (TPSA) is 107 Å². The molecule has 0 saturated carbocycles. The van der Waals surface area contributed by atoms with Crippen molar-refractivity contribution in [3.05, 3.63) is 89.7 Å². The number of amides is 2. The van der Waals surface area contributed by atoms with Gasteiger partial charge in [0, 0.05) is 26.7 Å². The van der Waals surface area contributed by atoms with Crippen LogP contribution >= 0.6 is 0 Å². The molecule has 0 bridgehead atoms. The van der Waals surface area contributed by atoms with Gasteiger partial charge in [0.2, 0.25) is 5.91 Å². The van der Waals surface area contributed by atoms with Gasteiger partial charge in [0.25, 0.3) is 5.91 Å². The van der Waals surface area contributed by atoms with Gasteiger partial charge in [0.05, 0.1) is 22.7 Å². The predicted octanol–water partition coefficient (Wildman–Crippen LogP) is 3.69. The highest BCUT2D eigenvalue weighted by Crippen LogP contribution is 2.27. The van der Waals surface area contributed by atoms with Gasteiger partial charge in [-0.15, -0.1) is 5.10 Å². The maximum atomic E-state index is 14.2. The van der Waals surface area contributed by atoms with E-state index in [0.29, 0.717) is 24.5 Å². The van der Waals surface area contributed by atoms with Crippen molar-refractivity contribution in [3.8, 4) is 0 Å². The molecule has 2 amide bonds. The summed E-state index contributed by atoms with van der Waals surface area (Å²) in [6.45, 7) is 3.22. The Bertz CT molecular complexity index is 1690. The molecule has 2 atom stereocenters. The quantitative estimate of drug-likeness (QED) is 0.300. The number of aryl methyl sites for hydroxylation is 2. The van der Waals surface area contributed by atoms with Crippen molar-refractivity contribution in [2.45, 2.75) is 45.0 Å². The molecule has 0 radical (unpaired) electrons. The van der Waals surface area contributed by atoms with Crippen molar-refractivity contribution in [2.24, 2.45) is 7.05 Å². The number of nitrogens with one attached hydrogen (secondary N) is 1. The molecule has 3 aromatic carbocycles. The van der Waals surface area contributed by atoms with Crippen molar-refractivity contribution in [2.75, 3.05) is 13.2 Å². The van der Waals surface area contributed by atoms with Gasteiger partial charge in [-0.2, -0.15) is 0 Å². The molecule has 6 rings (SSSR count). The predicted molar refractivity (Wildman–Crippen MR) is 155 cm³/mol. The monoisotopic (exact) mass is 551 g/mol. The highest BCUT2D eigenvalue weighted by molar-refractivity contribution is 5.90. The third-order valence-electron chi connectivity index (χ3n) is 7.65. The van der Waals surface area contributed by atoms with E-state index in [-0.39, 0.29) is 31.0 Å². The maximum absolute atomic E-state index is 14.2. The Labute approximate surface area is 237 Å². The largest absolute Gasteiger partial charge is 0.376 e. The summed E-state index contributed by atoms with van der Waals surface area (Å²) < 4.78 is 9.23. The number of hydrogen-bond donors (Lipinski definition) is 1. The third-order valence-corrected chi connectivity index (χ3v) is 7.65. The second-order valence-electron chi connectivity index (χ2n) is 10.5. The van der Waals surface area contributed by atoms with Crippen molar-refractivity contribution < 1.29 is 14.3 Å². The summed E-state index contributed by atoms with van der Waals surface area (Å²) >= 11 is 0. The van der Waals surface area contributed by atoms with Crippen LogP contribution in [0.3, 0.4) is 0 Å². The Morgan fingerprint density at radius 1 is 1.02 bits per heavy atom. The van der Waals surface area contributed by atoms with Crippen molar-refractivity contribution in [3.63, 3.8) is 0 Å². The zero-order chi connectivity index (χ0) is 28.3. The van der Waals surface area contributed by atoms with Crippen LogP contribution in [0.15, 0.2) is 72.8 Å². The summed E-state index contributed by atoms with van der Waals surface area (Å²) in [5.74, 6) is -0.0895. The third kappa shape index (κ3) is 5.55. The van der Waals surface area contributed by atoms with Crippen LogP contribution in [0.1, 0.15) is 35.8 Å². The first-order valence-corrected chi connectivity index (χ1v) is 13.9. The van der Waals surface area contributed by atoms with E-state index in [1.165, 1.54) is 0 Å². The Kier molecular flexibility index (Phi) is 7.47. The molecule has 1 aliphatic heterocycles. The summed E-state index contributed by atoms with van der Waals surface area (Å²) in [4.78, 5) is 34.8. The van der Waals surface area contributed by atoms with Gasteiger partial charge in [0.15, 0.2) is 6.04 Å². The molecular formula is C31H33N7O3. The number of rotatable bonds is 9. The minimum atomic E-state index is -0.989. The van der Waals surface area contributed by atoms with Gasteiger partial charge in [-0.1, -0.05) is 59.3 Å². The summed E-state index contributed by atoms with van der Waals surface area (Å²) in [6.07, 6.45) is 1.82. The number of benzene rings is 3. The number of nitrogens with zero attached hydrogens (tertiary/aromatic N) is 6. The zero-order valence-electron chi connectivity index (χ0n) is 23.2. The molecule has 0 spiro atoms. The van der Waals surface area contributed by atoms with E-state index in [1.807, 2.05) is 91.3 Å². The van der Waals surface area contributed by atoms with E-state index >= 15 is 0 Å². The molecule has 2 aromatic heterocycles. The van der Waals surface area contributed by atoms with Gasteiger partial charge in [-0.05, 0) is 49.6 Å². The first-order chi connectivity index (χ1) is 20.0. The number of carbonyl (C=O) groups is 2. The van der Waals surface area contributed by atoms with Crippen molar-refractivity contribution in [1.82, 2.24) is 34.8 Å². The molecule has 3 heterocycles. The molecule has 1 saturated heterocycles. The Morgan fingerprint density at radius 2 is 1.76 bits per heavy atom. The van der Waals surface area contributed by atoms with Crippen LogP contribution in [0.2, 0.25) is 0 Å². The lowest BCUT2D eigenvalue weighted by Crippen LogP contribution is -2.47. The first-order valence-electron chi connectivity index (χ1n) is 13.9. The van der Waals surface area contributed by atoms with Gasteiger partial charge < -0.3 is 19.5 Å².